The molecule has 0 radical (unpaired) electrons. The van der Waals surface area contributed by atoms with Gasteiger partial charge in [-0.2, -0.15) is 18.3 Å². The van der Waals surface area contributed by atoms with Crippen molar-refractivity contribution in [3.8, 4) is 5.88 Å². The summed E-state index contributed by atoms with van der Waals surface area (Å²) in [6, 6.07) is 0.105. The predicted octanol–water partition coefficient (Wildman–Crippen LogP) is 2.67. The van der Waals surface area contributed by atoms with E-state index in [1.165, 1.54) is 17.3 Å². The smallest absolute Gasteiger partial charge is 0.422 e. The van der Waals surface area contributed by atoms with Crippen LogP contribution in [0.3, 0.4) is 0 Å². The van der Waals surface area contributed by atoms with Gasteiger partial charge in [0.2, 0.25) is 5.88 Å². The molecule has 5 aliphatic rings. The van der Waals surface area contributed by atoms with Crippen molar-refractivity contribution in [2.45, 2.75) is 57.3 Å². The van der Waals surface area contributed by atoms with Crippen molar-refractivity contribution in [2.75, 3.05) is 39.3 Å². The Bertz CT molecular complexity index is 807. The number of carbonyl (C=O) groups is 1. The summed E-state index contributed by atoms with van der Waals surface area (Å²) in [5, 5.41) is 10.8. The van der Waals surface area contributed by atoms with E-state index in [1.807, 2.05) is 0 Å². The Morgan fingerprint density at radius 3 is 2.52 bits per heavy atom. The molecule has 2 N–H and O–H groups in total. The minimum absolute atomic E-state index is 0.0819. The van der Waals surface area contributed by atoms with Gasteiger partial charge in [0.1, 0.15) is 5.56 Å². The molecule has 0 aromatic carbocycles. The predicted molar refractivity (Wildman–Crippen MR) is 116 cm³/mol. The fraction of sp³-hybridized carbons (Fsp3) is 0.826. The molecule has 4 saturated carbocycles. The highest BCUT2D eigenvalue weighted by Gasteiger charge is 2.48. The number of amides is 1. The van der Waals surface area contributed by atoms with Crippen molar-refractivity contribution >= 4 is 5.91 Å². The van der Waals surface area contributed by atoms with Crippen LogP contribution in [0.2, 0.25) is 0 Å². The first kappa shape index (κ1) is 23.0. The molecule has 0 unspecified atom stereocenters. The first-order chi connectivity index (χ1) is 15.9. The lowest BCUT2D eigenvalue weighted by Gasteiger charge is -2.54. The van der Waals surface area contributed by atoms with E-state index in [0.717, 1.165) is 70.1 Å². The van der Waals surface area contributed by atoms with Crippen molar-refractivity contribution in [2.24, 2.45) is 23.7 Å². The molecule has 1 amide bonds. The highest BCUT2D eigenvalue weighted by Crippen LogP contribution is 2.53. The molecular formula is C23H34F3N5O2. The zero-order valence-corrected chi connectivity index (χ0v) is 18.9. The Labute approximate surface area is 192 Å². The lowest BCUT2D eigenvalue weighted by atomic mass is 9.54. The SMILES string of the molecule is O=C(NC1C2CC3CC(C2)CC1C3)c1cnn(CCN2CCCNCC2)c1OCC(F)(F)F. The van der Waals surface area contributed by atoms with E-state index < -0.39 is 12.8 Å². The summed E-state index contributed by atoms with van der Waals surface area (Å²) in [6.45, 7) is 3.22. The Hall–Kier alpha value is -1.81. The van der Waals surface area contributed by atoms with Gasteiger partial charge in [-0.15, -0.1) is 0 Å². The normalized spacial score (nSPS) is 32.0. The molecule has 7 nitrogen and oxygen atoms in total. The Morgan fingerprint density at radius 1 is 1.09 bits per heavy atom. The third kappa shape index (κ3) is 5.31. The number of alkyl halides is 3. The zero-order valence-electron chi connectivity index (χ0n) is 18.9. The number of ether oxygens (including phenoxy) is 1. The fourth-order valence-corrected chi connectivity index (χ4v) is 6.74. The summed E-state index contributed by atoms with van der Waals surface area (Å²) in [7, 11) is 0. The van der Waals surface area contributed by atoms with E-state index in [0.29, 0.717) is 24.9 Å². The van der Waals surface area contributed by atoms with Crippen LogP contribution in [0.5, 0.6) is 5.88 Å². The number of rotatable bonds is 7. The average molecular weight is 470 g/mol. The van der Waals surface area contributed by atoms with Gasteiger partial charge in [-0.05, 0) is 75.3 Å². The minimum atomic E-state index is -4.49. The second kappa shape index (κ2) is 9.44. The number of nitrogens with one attached hydrogen (secondary N) is 2. The summed E-state index contributed by atoms with van der Waals surface area (Å²) in [4.78, 5) is 15.5. The van der Waals surface area contributed by atoms with Crippen molar-refractivity contribution in [3.05, 3.63) is 11.8 Å². The maximum absolute atomic E-state index is 13.2. The van der Waals surface area contributed by atoms with Gasteiger partial charge in [0.25, 0.3) is 5.91 Å². The van der Waals surface area contributed by atoms with Crippen molar-refractivity contribution in [1.29, 1.82) is 0 Å². The quantitative estimate of drug-likeness (QED) is 0.643. The molecule has 4 aliphatic carbocycles. The van der Waals surface area contributed by atoms with Gasteiger partial charge in [-0.25, -0.2) is 4.68 Å². The second-order valence-electron chi connectivity index (χ2n) is 10.4. The molecule has 0 atom stereocenters. The van der Waals surface area contributed by atoms with Crippen LogP contribution >= 0.6 is 0 Å². The van der Waals surface area contributed by atoms with Crippen LogP contribution in [0.1, 0.15) is 48.9 Å². The number of carbonyl (C=O) groups excluding carboxylic acids is 1. The maximum atomic E-state index is 13.2. The minimum Gasteiger partial charge on any atom is -0.468 e. The van der Waals surface area contributed by atoms with E-state index in [4.69, 9.17) is 4.74 Å². The van der Waals surface area contributed by atoms with Gasteiger partial charge in [-0.1, -0.05) is 0 Å². The third-order valence-corrected chi connectivity index (χ3v) is 7.99. The molecular weight excluding hydrogens is 435 g/mol. The molecule has 4 bridgehead atoms. The van der Waals surface area contributed by atoms with E-state index in [2.05, 4.69) is 20.6 Å². The largest absolute Gasteiger partial charge is 0.468 e. The zero-order chi connectivity index (χ0) is 23.0. The molecule has 1 aromatic heterocycles. The summed E-state index contributed by atoms with van der Waals surface area (Å²) in [5.74, 6) is 2.08. The van der Waals surface area contributed by atoms with Crippen LogP contribution < -0.4 is 15.4 Å². The van der Waals surface area contributed by atoms with Crippen LogP contribution in [-0.4, -0.2) is 72.1 Å². The van der Waals surface area contributed by atoms with Crippen LogP contribution in [0.25, 0.3) is 0 Å². The molecule has 0 spiro atoms. The fourth-order valence-electron chi connectivity index (χ4n) is 6.74. The van der Waals surface area contributed by atoms with E-state index in [9.17, 15) is 18.0 Å². The van der Waals surface area contributed by atoms with Crippen LogP contribution in [0.15, 0.2) is 6.20 Å². The van der Waals surface area contributed by atoms with Crippen LogP contribution in [0, 0.1) is 23.7 Å². The Balaban J connectivity index is 1.28. The Morgan fingerprint density at radius 2 is 1.82 bits per heavy atom. The molecule has 184 valence electrons. The first-order valence-corrected chi connectivity index (χ1v) is 12.3. The lowest BCUT2D eigenvalue weighted by molar-refractivity contribution is -0.154. The van der Waals surface area contributed by atoms with Crippen molar-refractivity contribution < 1.29 is 22.7 Å². The molecule has 1 aromatic rings. The topological polar surface area (TPSA) is 71.4 Å². The van der Waals surface area contributed by atoms with Crippen molar-refractivity contribution in [3.63, 3.8) is 0 Å². The van der Waals surface area contributed by atoms with Gasteiger partial charge in [0.05, 0.1) is 12.7 Å². The molecule has 10 heteroatoms. The van der Waals surface area contributed by atoms with E-state index >= 15 is 0 Å². The van der Waals surface area contributed by atoms with Gasteiger partial charge in [-0.3, -0.25) is 4.79 Å². The number of hydrogen-bond acceptors (Lipinski definition) is 5. The summed E-state index contributed by atoms with van der Waals surface area (Å²) < 4.78 is 45.4. The van der Waals surface area contributed by atoms with Gasteiger partial charge >= 0.3 is 6.18 Å². The van der Waals surface area contributed by atoms with Gasteiger partial charge in [0.15, 0.2) is 6.61 Å². The lowest BCUT2D eigenvalue weighted by Crippen LogP contribution is -2.55. The maximum Gasteiger partial charge on any atom is 0.422 e. The number of nitrogens with zero attached hydrogens (tertiary/aromatic N) is 3. The Kier molecular flexibility index (Phi) is 6.57. The number of aromatic nitrogens is 2. The summed E-state index contributed by atoms with van der Waals surface area (Å²) in [6.07, 6.45) is 3.83. The molecule has 33 heavy (non-hydrogen) atoms. The van der Waals surface area contributed by atoms with Crippen LogP contribution in [-0.2, 0) is 6.54 Å². The standard InChI is InChI=1S/C23H34F3N5O2/c24-23(25,26)14-33-22-19(13-28-31(22)7-6-30-4-1-2-27-3-5-30)21(32)29-20-17-9-15-8-16(11-17)12-18(20)10-15/h13,15-18,20,27H,1-12,14H2,(H,29,32). The third-order valence-electron chi connectivity index (χ3n) is 7.99. The highest BCUT2D eigenvalue weighted by molar-refractivity contribution is 5.96. The average Bonchev–Trinajstić information content (AvgIpc) is 2.97. The van der Waals surface area contributed by atoms with E-state index in [1.54, 1.807) is 0 Å². The van der Waals surface area contributed by atoms with Gasteiger partial charge in [0, 0.05) is 25.7 Å². The molecule has 1 saturated heterocycles. The molecule has 1 aliphatic heterocycles. The summed E-state index contributed by atoms with van der Waals surface area (Å²) >= 11 is 0. The van der Waals surface area contributed by atoms with Crippen molar-refractivity contribution in [1.82, 2.24) is 25.3 Å². The number of hydrogen-bond donors (Lipinski definition) is 2. The second-order valence-corrected chi connectivity index (χ2v) is 10.4. The van der Waals surface area contributed by atoms with Gasteiger partial charge < -0.3 is 20.3 Å². The number of halogens is 3. The first-order valence-electron chi connectivity index (χ1n) is 12.3. The van der Waals surface area contributed by atoms with Crippen LogP contribution in [0.4, 0.5) is 13.2 Å². The monoisotopic (exact) mass is 469 g/mol. The summed E-state index contributed by atoms with van der Waals surface area (Å²) in [5.41, 5.74) is 0.102. The molecule has 5 fully saturated rings. The van der Waals surface area contributed by atoms with E-state index in [-0.39, 0.29) is 23.4 Å². The molecule has 6 rings (SSSR count). The molecule has 2 heterocycles. The highest BCUT2D eigenvalue weighted by atomic mass is 19.4.